The molecule has 1 heterocycles. The van der Waals surface area contributed by atoms with E-state index >= 15 is 0 Å². The molecule has 2 rings (SSSR count). The molecule has 26 heavy (non-hydrogen) atoms. The molecule has 1 unspecified atom stereocenters. The third kappa shape index (κ3) is 4.64. The number of aryl methyl sites for hydroxylation is 1. The number of phenols is 1. The van der Waals surface area contributed by atoms with Crippen LogP contribution >= 0.6 is 7.60 Å². The van der Waals surface area contributed by atoms with Gasteiger partial charge in [-0.1, -0.05) is 12.1 Å². The largest absolute Gasteiger partial charge is 0.504 e. The predicted molar refractivity (Wildman–Crippen MR) is 101 cm³/mol. The molecule has 0 aliphatic heterocycles. The minimum Gasteiger partial charge on any atom is -0.504 e. The van der Waals surface area contributed by atoms with Crippen molar-refractivity contribution in [1.82, 2.24) is 4.98 Å². The van der Waals surface area contributed by atoms with E-state index in [2.05, 4.69) is 4.98 Å². The van der Waals surface area contributed by atoms with Gasteiger partial charge < -0.3 is 18.9 Å². The smallest absolute Gasteiger partial charge is 0.338 e. The van der Waals surface area contributed by atoms with Crippen molar-refractivity contribution in [2.45, 2.75) is 32.9 Å². The Hall–Kier alpha value is -1.88. The van der Waals surface area contributed by atoms with Crippen LogP contribution in [0.1, 0.15) is 36.2 Å². The van der Waals surface area contributed by atoms with Crippen LogP contribution < -0.4 is 4.74 Å². The number of methoxy groups -OCH3 is 1. The fourth-order valence-electron chi connectivity index (χ4n) is 2.88. The second kappa shape index (κ2) is 9.17. The van der Waals surface area contributed by atoms with Gasteiger partial charge in [0, 0.05) is 12.4 Å². The van der Waals surface area contributed by atoms with Crippen molar-refractivity contribution in [2.75, 3.05) is 20.3 Å². The van der Waals surface area contributed by atoms with Crippen LogP contribution in [0.5, 0.6) is 11.5 Å². The van der Waals surface area contributed by atoms with E-state index < -0.39 is 13.3 Å². The molecule has 1 atom stereocenters. The lowest BCUT2D eigenvalue weighted by Crippen LogP contribution is -2.10. The number of ether oxygens (including phenoxy) is 1. The van der Waals surface area contributed by atoms with Crippen LogP contribution in [0.15, 0.2) is 36.7 Å². The van der Waals surface area contributed by atoms with E-state index in [4.69, 9.17) is 13.8 Å². The van der Waals surface area contributed by atoms with E-state index in [1.54, 1.807) is 45.3 Å². The Morgan fingerprint density at radius 2 is 1.92 bits per heavy atom. The standard InChI is InChI=1S/C19H26NO5P/c1-5-24-26(22,25-6-2)18(16-8-7-9-20-13-16)12-15-10-14(3)19(21)17(11-15)23-4/h7-11,13,18,21H,5-6,12H2,1-4H3. The maximum Gasteiger partial charge on any atom is 0.338 e. The van der Waals surface area contributed by atoms with E-state index in [9.17, 15) is 9.67 Å². The van der Waals surface area contributed by atoms with Gasteiger partial charge in [0.2, 0.25) is 0 Å². The number of pyridine rings is 1. The molecule has 0 amide bonds. The summed E-state index contributed by atoms with van der Waals surface area (Å²) >= 11 is 0. The second-order valence-electron chi connectivity index (χ2n) is 5.85. The van der Waals surface area contributed by atoms with E-state index in [0.29, 0.717) is 17.7 Å². The highest BCUT2D eigenvalue weighted by molar-refractivity contribution is 7.54. The number of hydrogen-bond donors (Lipinski definition) is 1. The SMILES string of the molecule is CCOP(=O)(OCC)C(Cc1cc(C)c(O)c(OC)c1)c1cccnc1. The van der Waals surface area contributed by atoms with E-state index in [0.717, 1.165) is 11.1 Å². The van der Waals surface area contributed by atoms with Crippen LogP contribution in [0, 0.1) is 6.92 Å². The molecule has 0 aliphatic rings. The molecule has 1 aromatic carbocycles. The molecule has 1 N–H and O–H groups in total. The first-order valence-electron chi connectivity index (χ1n) is 8.60. The fraction of sp³-hybridized carbons (Fsp3) is 0.421. The molecule has 0 radical (unpaired) electrons. The zero-order valence-electron chi connectivity index (χ0n) is 15.6. The van der Waals surface area contributed by atoms with Gasteiger partial charge >= 0.3 is 7.60 Å². The highest BCUT2D eigenvalue weighted by atomic mass is 31.2. The zero-order valence-corrected chi connectivity index (χ0v) is 16.5. The predicted octanol–water partition coefficient (Wildman–Crippen LogP) is 4.65. The third-order valence-corrected chi connectivity index (χ3v) is 6.52. The van der Waals surface area contributed by atoms with Crippen molar-refractivity contribution in [3.8, 4) is 11.5 Å². The van der Waals surface area contributed by atoms with Crippen LogP contribution in [0.2, 0.25) is 0 Å². The summed E-state index contributed by atoms with van der Waals surface area (Å²) in [6, 6.07) is 7.26. The molecule has 0 saturated carbocycles. The molecule has 142 valence electrons. The number of aromatic nitrogens is 1. The van der Waals surface area contributed by atoms with Crippen molar-refractivity contribution in [2.24, 2.45) is 0 Å². The average Bonchev–Trinajstić information content (AvgIpc) is 2.63. The van der Waals surface area contributed by atoms with Gasteiger partial charge in [-0.15, -0.1) is 0 Å². The van der Waals surface area contributed by atoms with Crippen molar-refractivity contribution in [1.29, 1.82) is 0 Å². The molecule has 7 heteroatoms. The minimum absolute atomic E-state index is 0.104. The number of phenolic OH excluding ortho intramolecular Hbond substituents is 1. The van der Waals surface area contributed by atoms with Crippen LogP contribution in [-0.2, 0) is 20.0 Å². The Bertz CT molecular complexity index is 756. The average molecular weight is 379 g/mol. The summed E-state index contributed by atoms with van der Waals surface area (Å²) < 4.78 is 29.9. The third-order valence-electron chi connectivity index (χ3n) is 4.04. The maximum absolute atomic E-state index is 13.5. The minimum atomic E-state index is -3.41. The number of rotatable bonds is 9. The Balaban J connectivity index is 2.48. The van der Waals surface area contributed by atoms with Crippen molar-refractivity contribution in [3.63, 3.8) is 0 Å². The monoisotopic (exact) mass is 379 g/mol. The zero-order chi connectivity index (χ0) is 19.2. The van der Waals surface area contributed by atoms with Gasteiger partial charge in [0.15, 0.2) is 11.5 Å². The fourth-order valence-corrected chi connectivity index (χ4v) is 4.98. The van der Waals surface area contributed by atoms with Gasteiger partial charge in [-0.3, -0.25) is 9.55 Å². The summed E-state index contributed by atoms with van der Waals surface area (Å²) in [5.41, 5.74) is 1.82. The van der Waals surface area contributed by atoms with Gasteiger partial charge in [0.05, 0.1) is 26.0 Å². The van der Waals surface area contributed by atoms with Gasteiger partial charge in [0.1, 0.15) is 0 Å². The first kappa shape index (κ1) is 20.4. The second-order valence-corrected chi connectivity index (χ2v) is 8.06. The first-order chi connectivity index (χ1) is 12.4. The van der Waals surface area contributed by atoms with Gasteiger partial charge in [-0.2, -0.15) is 0 Å². The quantitative estimate of drug-likeness (QED) is 0.639. The van der Waals surface area contributed by atoms with E-state index in [1.165, 1.54) is 7.11 Å². The molecule has 0 fully saturated rings. The number of nitrogens with zero attached hydrogens (tertiary/aromatic N) is 1. The first-order valence-corrected chi connectivity index (χ1v) is 10.2. The molecular formula is C19H26NO5P. The van der Waals surface area contributed by atoms with Gasteiger partial charge in [0.25, 0.3) is 0 Å². The molecule has 0 saturated heterocycles. The molecule has 0 spiro atoms. The topological polar surface area (TPSA) is 77.9 Å². The Morgan fingerprint density at radius 1 is 1.23 bits per heavy atom. The number of benzene rings is 1. The van der Waals surface area contributed by atoms with Crippen LogP contribution in [0.4, 0.5) is 0 Å². The molecule has 6 nitrogen and oxygen atoms in total. The van der Waals surface area contributed by atoms with E-state index in [-0.39, 0.29) is 19.0 Å². The Morgan fingerprint density at radius 3 is 2.46 bits per heavy atom. The maximum atomic E-state index is 13.5. The summed E-state index contributed by atoms with van der Waals surface area (Å²) in [7, 11) is -1.91. The summed E-state index contributed by atoms with van der Waals surface area (Å²) in [5.74, 6) is 0.486. The van der Waals surface area contributed by atoms with Gasteiger partial charge in [-0.05, 0) is 56.0 Å². The molecule has 1 aromatic heterocycles. The lowest BCUT2D eigenvalue weighted by atomic mass is 10.0. The van der Waals surface area contributed by atoms with Crippen molar-refractivity contribution in [3.05, 3.63) is 53.3 Å². The highest BCUT2D eigenvalue weighted by Gasteiger charge is 2.37. The van der Waals surface area contributed by atoms with Crippen LogP contribution in [0.3, 0.4) is 0 Å². The van der Waals surface area contributed by atoms with Crippen LogP contribution in [0.25, 0.3) is 0 Å². The van der Waals surface area contributed by atoms with Crippen molar-refractivity contribution < 1.29 is 23.5 Å². The van der Waals surface area contributed by atoms with Crippen LogP contribution in [-0.4, -0.2) is 30.4 Å². The summed E-state index contributed by atoms with van der Waals surface area (Å²) in [5, 5.41) is 10.1. The summed E-state index contributed by atoms with van der Waals surface area (Å²) in [4.78, 5) is 4.15. The van der Waals surface area contributed by atoms with Crippen molar-refractivity contribution >= 4 is 7.60 Å². The molecule has 2 aromatic rings. The molecule has 0 aliphatic carbocycles. The summed E-state index contributed by atoms with van der Waals surface area (Å²) in [6.07, 6.45) is 3.75. The van der Waals surface area contributed by atoms with E-state index in [1.807, 2.05) is 12.1 Å². The Kier molecular flexibility index (Phi) is 7.21. The normalized spacial score (nSPS) is 12.8. The molecule has 0 bridgehead atoms. The molecular weight excluding hydrogens is 353 g/mol. The Labute approximate surface area is 154 Å². The lowest BCUT2D eigenvalue weighted by Gasteiger charge is -2.27. The summed E-state index contributed by atoms with van der Waals surface area (Å²) in [6.45, 7) is 5.95. The lowest BCUT2D eigenvalue weighted by molar-refractivity contribution is 0.211. The number of aromatic hydroxyl groups is 1. The number of hydrogen-bond acceptors (Lipinski definition) is 6. The highest BCUT2D eigenvalue weighted by Crippen LogP contribution is 2.62. The van der Waals surface area contributed by atoms with Gasteiger partial charge in [-0.25, -0.2) is 0 Å².